The highest BCUT2D eigenvalue weighted by Crippen LogP contribution is 2.31. The van der Waals surface area contributed by atoms with Crippen molar-refractivity contribution >= 4 is 35.2 Å². The Balaban J connectivity index is 2.49. The van der Waals surface area contributed by atoms with E-state index in [0.717, 1.165) is 5.56 Å². The predicted octanol–water partition coefficient (Wildman–Crippen LogP) is 5.57. The van der Waals surface area contributed by atoms with E-state index in [0.29, 0.717) is 22.7 Å². The summed E-state index contributed by atoms with van der Waals surface area (Å²) in [6.07, 6.45) is -0.178. The number of amides is 3. The Morgan fingerprint density at radius 2 is 1.69 bits per heavy atom. The molecule has 0 aromatic heterocycles. The minimum absolute atomic E-state index is 0.0289. The molecule has 0 aliphatic carbocycles. The van der Waals surface area contributed by atoms with Gasteiger partial charge >= 0.3 is 6.09 Å². The van der Waals surface area contributed by atoms with Gasteiger partial charge in [0.25, 0.3) is 5.91 Å². The van der Waals surface area contributed by atoms with Crippen LogP contribution >= 0.6 is 11.6 Å². The van der Waals surface area contributed by atoms with Crippen LogP contribution in [0.1, 0.15) is 65.1 Å². The maximum atomic E-state index is 13.8. The number of para-hydroxylation sites is 1. The molecule has 2 aromatic rings. The number of anilines is 1. The van der Waals surface area contributed by atoms with Crippen LogP contribution in [0.2, 0.25) is 5.02 Å². The number of carbonyl (C=O) groups is 3. The third-order valence-electron chi connectivity index (χ3n) is 5.63. The van der Waals surface area contributed by atoms with Gasteiger partial charge in [-0.25, -0.2) is 4.79 Å². The van der Waals surface area contributed by atoms with Gasteiger partial charge in [0.1, 0.15) is 23.4 Å². The Labute approximate surface area is 218 Å². The van der Waals surface area contributed by atoms with Gasteiger partial charge in [0.15, 0.2) is 0 Å². The first-order valence-electron chi connectivity index (χ1n) is 11.9. The van der Waals surface area contributed by atoms with Crippen molar-refractivity contribution in [1.29, 1.82) is 0 Å². The number of nitrogens with zero attached hydrogens (tertiary/aromatic N) is 1. The molecule has 0 fully saturated rings. The second kappa shape index (κ2) is 12.1. The molecule has 0 saturated carbocycles. The molecule has 0 bridgehead atoms. The lowest BCUT2D eigenvalue weighted by Gasteiger charge is -2.37. The average Bonchev–Trinajstić information content (AvgIpc) is 2.78. The number of aromatic hydroxyl groups is 1. The molecule has 3 amide bonds. The van der Waals surface area contributed by atoms with E-state index in [4.69, 9.17) is 16.3 Å². The molecule has 3 unspecified atom stereocenters. The number of phenolic OH excluding ortho intramolecular Hbond substituents is 1. The van der Waals surface area contributed by atoms with Gasteiger partial charge in [-0.1, -0.05) is 42.8 Å². The van der Waals surface area contributed by atoms with E-state index < -0.39 is 35.6 Å². The maximum absolute atomic E-state index is 13.8. The van der Waals surface area contributed by atoms with Crippen molar-refractivity contribution in [3.05, 3.63) is 58.6 Å². The fourth-order valence-electron chi connectivity index (χ4n) is 3.64. The maximum Gasteiger partial charge on any atom is 0.408 e. The summed E-state index contributed by atoms with van der Waals surface area (Å²) in [6, 6.07) is 8.97. The number of halogens is 1. The molecule has 2 aromatic carbocycles. The molecule has 0 radical (unpaired) electrons. The third kappa shape index (κ3) is 7.62. The van der Waals surface area contributed by atoms with Crippen LogP contribution in [-0.2, 0) is 14.3 Å². The second-order valence-corrected chi connectivity index (χ2v) is 10.2. The first kappa shape index (κ1) is 29.0. The van der Waals surface area contributed by atoms with Gasteiger partial charge in [0, 0.05) is 6.04 Å². The lowest BCUT2D eigenvalue weighted by molar-refractivity contribution is -0.143. The van der Waals surface area contributed by atoms with E-state index in [1.807, 2.05) is 26.8 Å². The van der Waals surface area contributed by atoms with Crippen molar-refractivity contribution in [1.82, 2.24) is 10.2 Å². The van der Waals surface area contributed by atoms with Gasteiger partial charge in [-0.2, -0.15) is 0 Å². The number of carbonyl (C=O) groups excluding carboxylic acids is 3. The van der Waals surface area contributed by atoms with Crippen LogP contribution in [0.15, 0.2) is 42.5 Å². The largest absolute Gasteiger partial charge is 0.508 e. The molecule has 8 nitrogen and oxygen atoms in total. The summed E-state index contributed by atoms with van der Waals surface area (Å²) < 4.78 is 5.29. The van der Waals surface area contributed by atoms with Crippen molar-refractivity contribution in [2.75, 3.05) is 5.32 Å². The summed E-state index contributed by atoms with van der Waals surface area (Å²) in [5.41, 5.74) is 0.976. The van der Waals surface area contributed by atoms with Crippen LogP contribution in [0.4, 0.5) is 10.5 Å². The SMILES string of the molecule is CCC(C)N(C(=O)C(C)NC(=O)OC(C)(C)C)C(C(=O)Nc1c(C)cccc1Cl)c1ccc(O)cc1. The number of benzene rings is 2. The topological polar surface area (TPSA) is 108 Å². The van der Waals surface area contributed by atoms with Crippen LogP contribution in [0, 0.1) is 6.92 Å². The first-order valence-corrected chi connectivity index (χ1v) is 12.3. The Kier molecular flexibility index (Phi) is 9.76. The summed E-state index contributed by atoms with van der Waals surface area (Å²) in [6.45, 7) is 12.3. The number of alkyl carbamates (subject to hydrolysis) is 1. The van der Waals surface area contributed by atoms with Gasteiger partial charge in [0.05, 0.1) is 10.7 Å². The Morgan fingerprint density at radius 3 is 2.22 bits per heavy atom. The Bertz CT molecular complexity index is 1060. The summed E-state index contributed by atoms with van der Waals surface area (Å²) in [5.74, 6) is -0.907. The van der Waals surface area contributed by atoms with Gasteiger partial charge in [0.2, 0.25) is 5.91 Å². The molecule has 36 heavy (non-hydrogen) atoms. The highest BCUT2D eigenvalue weighted by molar-refractivity contribution is 6.34. The van der Waals surface area contributed by atoms with E-state index in [2.05, 4.69) is 10.6 Å². The van der Waals surface area contributed by atoms with Crippen molar-refractivity contribution in [3.63, 3.8) is 0 Å². The van der Waals surface area contributed by atoms with Crippen molar-refractivity contribution in [2.24, 2.45) is 0 Å². The minimum atomic E-state index is -1.06. The molecule has 0 aliphatic heterocycles. The highest BCUT2D eigenvalue weighted by atomic mass is 35.5. The number of hydrogen-bond donors (Lipinski definition) is 3. The van der Waals surface area contributed by atoms with Crippen LogP contribution in [0.25, 0.3) is 0 Å². The van der Waals surface area contributed by atoms with Crippen LogP contribution < -0.4 is 10.6 Å². The van der Waals surface area contributed by atoms with Gasteiger partial charge in [-0.15, -0.1) is 0 Å². The lowest BCUT2D eigenvalue weighted by atomic mass is 9.99. The Hall–Kier alpha value is -3.26. The average molecular weight is 518 g/mol. The molecular formula is C27H36ClN3O5. The standard InChI is InChI=1S/C27H36ClN3O5/c1-8-17(3)31(25(34)18(4)29-26(35)36-27(5,6)7)23(19-12-14-20(32)15-13-19)24(33)30-22-16(2)10-9-11-21(22)28/h9-15,17-18,23,32H,8H2,1-7H3,(H,29,35)(H,30,33). The summed E-state index contributed by atoms with van der Waals surface area (Å²) in [4.78, 5) is 41.3. The van der Waals surface area contributed by atoms with Crippen LogP contribution in [-0.4, -0.2) is 45.6 Å². The number of phenols is 1. The molecule has 0 aliphatic rings. The molecule has 2 rings (SSSR count). The van der Waals surface area contributed by atoms with Crippen LogP contribution in [0.5, 0.6) is 5.75 Å². The van der Waals surface area contributed by atoms with Crippen molar-refractivity contribution in [2.45, 2.75) is 78.6 Å². The third-order valence-corrected chi connectivity index (χ3v) is 5.94. The highest BCUT2D eigenvalue weighted by Gasteiger charge is 2.37. The van der Waals surface area contributed by atoms with E-state index in [9.17, 15) is 19.5 Å². The molecule has 0 saturated heterocycles. The van der Waals surface area contributed by atoms with Crippen molar-refractivity contribution < 1.29 is 24.2 Å². The molecule has 9 heteroatoms. The number of ether oxygens (including phenoxy) is 1. The molecule has 3 N–H and O–H groups in total. The zero-order chi connectivity index (χ0) is 27.2. The summed E-state index contributed by atoms with van der Waals surface area (Å²) >= 11 is 6.35. The van der Waals surface area contributed by atoms with E-state index in [1.54, 1.807) is 52.0 Å². The van der Waals surface area contributed by atoms with Crippen LogP contribution in [0.3, 0.4) is 0 Å². The minimum Gasteiger partial charge on any atom is -0.508 e. The zero-order valence-electron chi connectivity index (χ0n) is 21.9. The number of nitrogens with one attached hydrogen (secondary N) is 2. The normalized spacial score (nSPS) is 13.8. The van der Waals surface area contributed by atoms with E-state index in [-0.39, 0.29) is 11.8 Å². The second-order valence-electron chi connectivity index (χ2n) is 9.79. The quantitative estimate of drug-likeness (QED) is 0.424. The van der Waals surface area contributed by atoms with Crippen molar-refractivity contribution in [3.8, 4) is 5.75 Å². The van der Waals surface area contributed by atoms with E-state index >= 15 is 0 Å². The first-order chi connectivity index (χ1) is 16.7. The molecule has 0 spiro atoms. The van der Waals surface area contributed by atoms with Gasteiger partial charge in [-0.05, 0) is 77.3 Å². The smallest absolute Gasteiger partial charge is 0.408 e. The van der Waals surface area contributed by atoms with E-state index in [1.165, 1.54) is 17.0 Å². The number of rotatable bonds is 8. The number of aryl methyl sites for hydroxylation is 1. The monoisotopic (exact) mass is 517 g/mol. The molecule has 196 valence electrons. The molecule has 3 atom stereocenters. The predicted molar refractivity (Wildman–Crippen MR) is 141 cm³/mol. The van der Waals surface area contributed by atoms with Gasteiger partial charge < -0.3 is 25.4 Å². The Morgan fingerprint density at radius 1 is 1.08 bits per heavy atom. The lowest BCUT2D eigenvalue weighted by Crippen LogP contribution is -2.53. The molecule has 0 heterocycles. The zero-order valence-corrected chi connectivity index (χ0v) is 22.6. The van der Waals surface area contributed by atoms with Gasteiger partial charge in [-0.3, -0.25) is 9.59 Å². The summed E-state index contributed by atoms with van der Waals surface area (Å²) in [5, 5.41) is 15.6. The fraction of sp³-hybridized carbons (Fsp3) is 0.444. The molecular weight excluding hydrogens is 482 g/mol. The fourth-order valence-corrected chi connectivity index (χ4v) is 3.91. The summed E-state index contributed by atoms with van der Waals surface area (Å²) in [7, 11) is 0. The number of hydrogen-bond acceptors (Lipinski definition) is 5.